The molecule has 1 aliphatic rings. The zero-order valence-corrected chi connectivity index (χ0v) is 11.8. The third-order valence-corrected chi connectivity index (χ3v) is 3.45. The summed E-state index contributed by atoms with van der Waals surface area (Å²) in [7, 11) is 0. The highest BCUT2D eigenvalue weighted by Gasteiger charge is 2.19. The Hall–Kier alpha value is -2.34. The molecule has 1 N–H and O–H groups in total. The molecular weight excluding hydrogens is 270 g/mol. The van der Waals surface area contributed by atoms with Gasteiger partial charge in [-0.1, -0.05) is 23.4 Å². The molecule has 0 bridgehead atoms. The van der Waals surface area contributed by atoms with Gasteiger partial charge in [0, 0.05) is 24.8 Å². The summed E-state index contributed by atoms with van der Waals surface area (Å²) < 4.78 is 10.5. The Labute approximate surface area is 122 Å². The number of anilines is 2. The summed E-state index contributed by atoms with van der Waals surface area (Å²) in [5, 5.41) is 6.69. The van der Waals surface area contributed by atoms with Gasteiger partial charge in [0.05, 0.1) is 13.2 Å². The molecule has 0 unspecified atom stereocenters. The molecule has 1 saturated heterocycles. The van der Waals surface area contributed by atoms with Crippen molar-refractivity contribution in [3.8, 4) is 0 Å². The molecule has 1 fully saturated rings. The lowest BCUT2D eigenvalue weighted by molar-refractivity contribution is 0.101. The van der Waals surface area contributed by atoms with Crippen LogP contribution in [0.5, 0.6) is 0 Å². The van der Waals surface area contributed by atoms with Gasteiger partial charge in [-0.3, -0.25) is 4.79 Å². The second kappa shape index (κ2) is 5.97. The maximum Gasteiger partial charge on any atom is 0.277 e. The van der Waals surface area contributed by atoms with Crippen molar-refractivity contribution in [3.05, 3.63) is 41.6 Å². The van der Waals surface area contributed by atoms with E-state index >= 15 is 0 Å². The smallest absolute Gasteiger partial charge is 0.277 e. The number of amides is 1. The number of ether oxygens (including phenoxy) is 1. The molecule has 2 heterocycles. The first kappa shape index (κ1) is 13.6. The average Bonchev–Trinajstić information content (AvgIpc) is 3.00. The van der Waals surface area contributed by atoms with Crippen molar-refractivity contribution < 1.29 is 14.1 Å². The van der Waals surface area contributed by atoms with Crippen LogP contribution in [0.4, 0.5) is 11.6 Å². The van der Waals surface area contributed by atoms with E-state index in [1.807, 2.05) is 36.1 Å². The van der Waals surface area contributed by atoms with Crippen molar-refractivity contribution in [2.75, 3.05) is 36.5 Å². The predicted octanol–water partition coefficient (Wildman–Crippen LogP) is 2.07. The minimum absolute atomic E-state index is 0.271. The lowest BCUT2D eigenvalue weighted by Crippen LogP contribution is -2.35. The van der Waals surface area contributed by atoms with E-state index in [1.165, 1.54) is 0 Å². The molecule has 2 aromatic rings. The van der Waals surface area contributed by atoms with Gasteiger partial charge in [0.25, 0.3) is 5.91 Å². The Balaban J connectivity index is 1.71. The van der Waals surface area contributed by atoms with Crippen molar-refractivity contribution >= 4 is 17.5 Å². The molecule has 21 heavy (non-hydrogen) atoms. The first-order valence-corrected chi connectivity index (χ1v) is 6.90. The predicted molar refractivity (Wildman–Crippen MR) is 78.7 cm³/mol. The maximum atomic E-state index is 12.2. The average molecular weight is 287 g/mol. The number of hydrogen-bond donors (Lipinski definition) is 1. The van der Waals surface area contributed by atoms with Crippen LogP contribution in [-0.2, 0) is 4.74 Å². The van der Waals surface area contributed by atoms with Crippen LogP contribution in [0.3, 0.4) is 0 Å². The summed E-state index contributed by atoms with van der Waals surface area (Å²) in [6.45, 7) is 4.75. The van der Waals surface area contributed by atoms with Gasteiger partial charge in [-0.2, -0.15) is 0 Å². The molecular formula is C15H17N3O3. The summed E-state index contributed by atoms with van der Waals surface area (Å²) in [6, 6.07) is 9.27. The SMILES string of the molecule is Cc1ccccc1NC(=O)c1cc(N2CCOCC2)on1. The normalized spacial score (nSPS) is 15.0. The highest BCUT2D eigenvalue weighted by molar-refractivity contribution is 6.03. The quantitative estimate of drug-likeness (QED) is 0.936. The summed E-state index contributed by atoms with van der Waals surface area (Å²) in [5.74, 6) is 0.334. The standard InChI is InChI=1S/C15H17N3O3/c1-11-4-2-3-5-12(11)16-15(19)13-10-14(21-17-13)18-6-8-20-9-7-18/h2-5,10H,6-9H2,1H3,(H,16,19). The molecule has 110 valence electrons. The fourth-order valence-electron chi connectivity index (χ4n) is 2.20. The van der Waals surface area contributed by atoms with Crippen molar-refractivity contribution in [2.24, 2.45) is 0 Å². The zero-order valence-electron chi connectivity index (χ0n) is 11.8. The van der Waals surface area contributed by atoms with Gasteiger partial charge in [0.1, 0.15) is 0 Å². The molecule has 1 aromatic heterocycles. The molecule has 0 atom stereocenters. The summed E-state index contributed by atoms with van der Waals surface area (Å²) in [6.07, 6.45) is 0. The van der Waals surface area contributed by atoms with Crippen LogP contribution >= 0.6 is 0 Å². The second-order valence-electron chi connectivity index (χ2n) is 4.92. The molecule has 0 saturated carbocycles. The number of aromatic nitrogens is 1. The highest BCUT2D eigenvalue weighted by atomic mass is 16.5. The van der Waals surface area contributed by atoms with Crippen LogP contribution in [0, 0.1) is 6.92 Å². The number of aryl methyl sites for hydroxylation is 1. The molecule has 6 nitrogen and oxygen atoms in total. The second-order valence-corrected chi connectivity index (χ2v) is 4.92. The summed E-state index contributed by atoms with van der Waals surface area (Å²) >= 11 is 0. The van der Waals surface area contributed by atoms with Gasteiger partial charge in [-0.15, -0.1) is 0 Å². The number of nitrogens with zero attached hydrogens (tertiary/aromatic N) is 2. The van der Waals surface area contributed by atoms with Crippen molar-refractivity contribution in [3.63, 3.8) is 0 Å². The monoisotopic (exact) mass is 287 g/mol. The third-order valence-electron chi connectivity index (χ3n) is 3.45. The van der Waals surface area contributed by atoms with Gasteiger partial charge in [-0.05, 0) is 18.6 Å². The minimum Gasteiger partial charge on any atom is -0.378 e. The van der Waals surface area contributed by atoms with E-state index in [2.05, 4.69) is 10.5 Å². The molecule has 0 aliphatic carbocycles. The highest BCUT2D eigenvalue weighted by Crippen LogP contribution is 2.19. The lowest BCUT2D eigenvalue weighted by Gasteiger charge is -2.25. The molecule has 1 amide bonds. The molecule has 1 aromatic carbocycles. The van der Waals surface area contributed by atoms with Crippen LogP contribution < -0.4 is 10.2 Å². The Bertz CT molecular complexity index is 633. The van der Waals surface area contributed by atoms with Crippen molar-refractivity contribution in [2.45, 2.75) is 6.92 Å². The number of benzene rings is 1. The van der Waals surface area contributed by atoms with Gasteiger partial charge in [0.2, 0.25) is 5.88 Å². The van der Waals surface area contributed by atoms with E-state index in [9.17, 15) is 4.79 Å². The summed E-state index contributed by atoms with van der Waals surface area (Å²) in [5.41, 5.74) is 2.06. The number of carbonyl (C=O) groups excluding carboxylic acids is 1. The Morgan fingerprint density at radius 1 is 1.29 bits per heavy atom. The van der Waals surface area contributed by atoms with Crippen LogP contribution in [-0.4, -0.2) is 37.4 Å². The van der Waals surface area contributed by atoms with E-state index < -0.39 is 0 Å². The van der Waals surface area contributed by atoms with Gasteiger partial charge in [-0.25, -0.2) is 0 Å². The van der Waals surface area contributed by atoms with E-state index in [-0.39, 0.29) is 11.6 Å². The Kier molecular flexibility index (Phi) is 3.87. The molecule has 0 spiro atoms. The first-order valence-electron chi connectivity index (χ1n) is 6.90. The van der Waals surface area contributed by atoms with E-state index in [0.717, 1.165) is 24.3 Å². The number of carbonyl (C=O) groups is 1. The van der Waals surface area contributed by atoms with Gasteiger partial charge >= 0.3 is 0 Å². The van der Waals surface area contributed by atoms with E-state index in [4.69, 9.17) is 9.26 Å². The van der Waals surface area contributed by atoms with E-state index in [0.29, 0.717) is 19.1 Å². The number of morpholine rings is 1. The molecule has 3 rings (SSSR count). The van der Waals surface area contributed by atoms with Crippen LogP contribution in [0.2, 0.25) is 0 Å². The lowest BCUT2D eigenvalue weighted by atomic mass is 10.2. The van der Waals surface area contributed by atoms with Gasteiger partial charge in [0.15, 0.2) is 5.69 Å². The fourth-order valence-corrected chi connectivity index (χ4v) is 2.20. The molecule has 6 heteroatoms. The number of hydrogen-bond acceptors (Lipinski definition) is 5. The molecule has 0 radical (unpaired) electrons. The summed E-state index contributed by atoms with van der Waals surface area (Å²) in [4.78, 5) is 14.2. The number of rotatable bonds is 3. The van der Waals surface area contributed by atoms with Gasteiger partial charge < -0.3 is 19.5 Å². The van der Waals surface area contributed by atoms with Crippen molar-refractivity contribution in [1.29, 1.82) is 0 Å². The fraction of sp³-hybridized carbons (Fsp3) is 0.333. The van der Waals surface area contributed by atoms with Crippen molar-refractivity contribution in [1.82, 2.24) is 5.16 Å². The number of nitrogens with one attached hydrogen (secondary N) is 1. The van der Waals surface area contributed by atoms with Crippen LogP contribution in [0.25, 0.3) is 0 Å². The van der Waals surface area contributed by atoms with Crippen LogP contribution in [0.1, 0.15) is 16.1 Å². The maximum absolute atomic E-state index is 12.2. The number of para-hydroxylation sites is 1. The largest absolute Gasteiger partial charge is 0.378 e. The Morgan fingerprint density at radius 3 is 2.81 bits per heavy atom. The van der Waals surface area contributed by atoms with Crippen LogP contribution in [0.15, 0.2) is 34.9 Å². The topological polar surface area (TPSA) is 67.6 Å². The van der Waals surface area contributed by atoms with E-state index in [1.54, 1.807) is 6.07 Å². The zero-order chi connectivity index (χ0) is 14.7. The first-order chi connectivity index (χ1) is 10.2. The Morgan fingerprint density at radius 2 is 2.05 bits per heavy atom. The minimum atomic E-state index is -0.271. The third kappa shape index (κ3) is 3.05. The molecule has 1 aliphatic heterocycles.